The standard InChI is InChI=1S/C40H53N3O4S/c1-8-22-41(25-29-18-14-11-15-19-29)35(45)32-31-20-21-40(48-31)33(32)36(46)43(30(26-44)24-28-16-12-10-13-17-28)34(40)37(47)42(23-9-2)39(6,7)27-38(3,4)5/h8-19,30-34,44H,1-2,20-27H2,3-7H3/t30-,31-,32+,33+,34?,40?/m1/s1. The molecule has 3 heterocycles. The number of nitrogens with zero attached hydrogens (tertiary/aromatic N) is 3. The Bertz CT molecular complexity index is 1490. The maximum Gasteiger partial charge on any atom is 0.247 e. The summed E-state index contributed by atoms with van der Waals surface area (Å²) in [6, 6.07) is 18.2. The van der Waals surface area contributed by atoms with Crippen LogP contribution in [0.15, 0.2) is 86.0 Å². The third-order valence-corrected chi connectivity index (χ3v) is 12.3. The lowest BCUT2D eigenvalue weighted by atomic mass is 9.70. The number of benzene rings is 2. The number of likely N-dealkylation sites (tertiary alicyclic amines) is 1. The number of hydrogen-bond donors (Lipinski definition) is 1. The van der Waals surface area contributed by atoms with Gasteiger partial charge in [0.15, 0.2) is 0 Å². The Balaban J connectivity index is 1.59. The van der Waals surface area contributed by atoms with E-state index in [2.05, 4.69) is 47.8 Å². The van der Waals surface area contributed by atoms with Crippen molar-refractivity contribution in [1.82, 2.24) is 14.7 Å². The fraction of sp³-hybridized carbons (Fsp3) is 0.525. The number of carbonyl (C=O) groups excluding carboxylic acids is 3. The molecular formula is C40H53N3O4S. The van der Waals surface area contributed by atoms with Gasteiger partial charge in [0, 0.05) is 30.4 Å². The highest BCUT2D eigenvalue weighted by Gasteiger charge is 2.75. The summed E-state index contributed by atoms with van der Waals surface area (Å²) in [6.45, 7) is 19.4. The van der Waals surface area contributed by atoms with Crippen LogP contribution >= 0.6 is 11.8 Å². The normalized spacial score (nSPS) is 25.5. The molecule has 1 N–H and O–H groups in total. The van der Waals surface area contributed by atoms with E-state index < -0.39 is 34.2 Å². The van der Waals surface area contributed by atoms with Crippen LogP contribution in [-0.2, 0) is 27.3 Å². The molecule has 48 heavy (non-hydrogen) atoms. The lowest BCUT2D eigenvalue weighted by Crippen LogP contribution is -2.61. The van der Waals surface area contributed by atoms with Crippen molar-refractivity contribution in [3.05, 3.63) is 97.1 Å². The van der Waals surface area contributed by atoms with Gasteiger partial charge < -0.3 is 19.8 Å². The molecule has 3 amide bonds. The second kappa shape index (κ2) is 14.2. The molecule has 3 saturated heterocycles. The Hall–Kier alpha value is -3.36. The first-order chi connectivity index (χ1) is 22.8. The zero-order chi connectivity index (χ0) is 34.9. The van der Waals surface area contributed by atoms with Crippen LogP contribution in [0.5, 0.6) is 0 Å². The molecule has 2 aromatic carbocycles. The summed E-state index contributed by atoms with van der Waals surface area (Å²) in [7, 11) is 0. The van der Waals surface area contributed by atoms with Gasteiger partial charge in [0.2, 0.25) is 17.7 Å². The molecular weight excluding hydrogens is 619 g/mol. The van der Waals surface area contributed by atoms with E-state index in [0.29, 0.717) is 32.5 Å². The first-order valence-corrected chi connectivity index (χ1v) is 18.2. The number of thioether (sulfide) groups is 1. The van der Waals surface area contributed by atoms with E-state index in [9.17, 15) is 9.90 Å². The fourth-order valence-electron chi connectivity index (χ4n) is 8.89. The zero-order valence-electron chi connectivity index (χ0n) is 29.3. The molecule has 6 atom stereocenters. The number of hydrogen-bond acceptors (Lipinski definition) is 5. The van der Waals surface area contributed by atoms with Gasteiger partial charge in [-0.3, -0.25) is 14.4 Å². The second-order valence-electron chi connectivity index (χ2n) is 15.6. The maximum atomic E-state index is 15.3. The Kier molecular flexibility index (Phi) is 10.7. The van der Waals surface area contributed by atoms with Crippen LogP contribution in [0.3, 0.4) is 0 Å². The topological polar surface area (TPSA) is 81.2 Å². The average molecular weight is 672 g/mol. The molecule has 1 spiro atoms. The van der Waals surface area contributed by atoms with Crippen molar-refractivity contribution in [1.29, 1.82) is 0 Å². The Morgan fingerprint density at radius 2 is 1.58 bits per heavy atom. The molecule has 8 heteroatoms. The summed E-state index contributed by atoms with van der Waals surface area (Å²) in [6.07, 6.45) is 6.07. The number of aliphatic hydroxyl groups excluding tert-OH is 1. The first kappa shape index (κ1) is 35.9. The molecule has 7 nitrogen and oxygen atoms in total. The van der Waals surface area contributed by atoms with Gasteiger partial charge in [-0.1, -0.05) is 93.6 Å². The number of aliphatic hydroxyl groups is 1. The van der Waals surface area contributed by atoms with E-state index in [1.807, 2.05) is 65.6 Å². The van der Waals surface area contributed by atoms with Crippen molar-refractivity contribution in [2.45, 2.75) is 94.5 Å². The Labute approximate surface area is 291 Å². The van der Waals surface area contributed by atoms with Crippen LogP contribution in [0, 0.1) is 17.3 Å². The van der Waals surface area contributed by atoms with Gasteiger partial charge in [-0.25, -0.2) is 0 Å². The number of rotatable bonds is 14. The van der Waals surface area contributed by atoms with Crippen LogP contribution < -0.4 is 0 Å². The van der Waals surface area contributed by atoms with Gasteiger partial charge in [0.25, 0.3) is 0 Å². The first-order valence-electron chi connectivity index (χ1n) is 17.3. The van der Waals surface area contributed by atoms with Crippen LogP contribution in [0.2, 0.25) is 0 Å². The number of carbonyl (C=O) groups is 3. The third-order valence-electron chi connectivity index (χ3n) is 10.3. The van der Waals surface area contributed by atoms with Gasteiger partial charge in [-0.2, -0.15) is 0 Å². The van der Waals surface area contributed by atoms with Crippen molar-refractivity contribution in [2.24, 2.45) is 17.3 Å². The summed E-state index contributed by atoms with van der Waals surface area (Å²) >= 11 is 1.67. The molecule has 3 aliphatic rings. The van der Waals surface area contributed by atoms with Crippen LogP contribution in [0.4, 0.5) is 0 Å². The molecule has 2 aromatic rings. The summed E-state index contributed by atoms with van der Waals surface area (Å²) < 4.78 is -0.771. The van der Waals surface area contributed by atoms with Gasteiger partial charge in [-0.05, 0) is 56.1 Å². The Morgan fingerprint density at radius 3 is 2.15 bits per heavy atom. The van der Waals surface area contributed by atoms with Crippen LogP contribution in [0.1, 0.15) is 65.0 Å². The highest BCUT2D eigenvalue weighted by molar-refractivity contribution is 8.02. The van der Waals surface area contributed by atoms with Crippen molar-refractivity contribution in [3.8, 4) is 0 Å². The number of fused-ring (bicyclic) bond motifs is 1. The molecule has 0 saturated carbocycles. The number of amides is 3. The van der Waals surface area contributed by atoms with E-state index in [0.717, 1.165) is 24.0 Å². The summed E-state index contributed by atoms with van der Waals surface area (Å²) in [5, 5.41) is 10.9. The van der Waals surface area contributed by atoms with E-state index in [1.54, 1.807) is 33.7 Å². The molecule has 3 fully saturated rings. The summed E-state index contributed by atoms with van der Waals surface area (Å²) in [5.74, 6) is -1.61. The lowest BCUT2D eigenvalue weighted by molar-refractivity contribution is -0.149. The van der Waals surface area contributed by atoms with Gasteiger partial charge >= 0.3 is 0 Å². The minimum Gasteiger partial charge on any atom is -0.394 e. The molecule has 0 aliphatic carbocycles. The minimum atomic E-state index is -0.815. The molecule has 2 bridgehead atoms. The van der Waals surface area contributed by atoms with E-state index >= 15 is 9.59 Å². The quantitative estimate of drug-likeness (QED) is 0.245. The molecule has 258 valence electrons. The highest BCUT2D eigenvalue weighted by atomic mass is 32.2. The van der Waals surface area contributed by atoms with Crippen molar-refractivity contribution >= 4 is 29.5 Å². The third kappa shape index (κ3) is 6.88. The van der Waals surface area contributed by atoms with Crippen molar-refractivity contribution in [3.63, 3.8) is 0 Å². The smallest absolute Gasteiger partial charge is 0.247 e. The average Bonchev–Trinajstić information content (AvgIpc) is 3.69. The van der Waals surface area contributed by atoms with Crippen molar-refractivity contribution < 1.29 is 19.5 Å². The van der Waals surface area contributed by atoms with E-state index in [4.69, 9.17) is 0 Å². The summed E-state index contributed by atoms with van der Waals surface area (Å²) in [4.78, 5) is 50.3. The van der Waals surface area contributed by atoms with E-state index in [1.165, 1.54) is 0 Å². The summed E-state index contributed by atoms with van der Waals surface area (Å²) in [5.41, 5.74) is 1.40. The minimum absolute atomic E-state index is 0.0540. The predicted molar refractivity (Wildman–Crippen MR) is 194 cm³/mol. The molecule has 0 aromatic heterocycles. The van der Waals surface area contributed by atoms with Gasteiger partial charge in [0.1, 0.15) is 6.04 Å². The molecule has 5 rings (SSSR count). The SMILES string of the molecule is C=CCN(Cc1ccccc1)C(=O)[C@@H]1[C@H]2C(=O)N([C@@H](CO)Cc3ccccc3)C(C(=O)N(CC=C)C(C)(C)CC(C)(C)C)C23CC[C@H]1S3. The van der Waals surface area contributed by atoms with Gasteiger partial charge in [-0.15, -0.1) is 24.9 Å². The Morgan fingerprint density at radius 1 is 0.979 bits per heavy atom. The molecule has 3 aliphatic heterocycles. The second-order valence-corrected chi connectivity index (χ2v) is 17.2. The fourth-order valence-corrected chi connectivity index (χ4v) is 11.1. The van der Waals surface area contributed by atoms with Crippen LogP contribution in [0.25, 0.3) is 0 Å². The van der Waals surface area contributed by atoms with E-state index in [-0.39, 0.29) is 35.0 Å². The van der Waals surface area contributed by atoms with Gasteiger partial charge in [0.05, 0.1) is 29.2 Å². The zero-order valence-corrected chi connectivity index (χ0v) is 30.1. The largest absolute Gasteiger partial charge is 0.394 e. The lowest BCUT2D eigenvalue weighted by Gasteiger charge is -2.46. The maximum absolute atomic E-state index is 15.3. The van der Waals surface area contributed by atoms with Crippen molar-refractivity contribution in [2.75, 3.05) is 19.7 Å². The van der Waals surface area contributed by atoms with Crippen LogP contribution in [-0.4, -0.2) is 84.8 Å². The molecule has 2 unspecified atom stereocenters. The monoisotopic (exact) mass is 671 g/mol. The molecule has 0 radical (unpaired) electrons. The highest BCUT2D eigenvalue weighted by Crippen LogP contribution is 2.67. The predicted octanol–water partition coefficient (Wildman–Crippen LogP) is 6.13.